The lowest BCUT2D eigenvalue weighted by Gasteiger charge is -2.32. The molecule has 1 fully saturated rings. The summed E-state index contributed by atoms with van der Waals surface area (Å²) in [5, 5.41) is 14.1. The largest absolute Gasteiger partial charge is 0.481 e. The van der Waals surface area contributed by atoms with Crippen LogP contribution in [0.4, 0.5) is 10.5 Å². The van der Waals surface area contributed by atoms with E-state index in [4.69, 9.17) is 5.11 Å². The molecule has 7 heteroatoms. The van der Waals surface area contributed by atoms with Crippen molar-refractivity contribution in [1.82, 2.24) is 10.2 Å². The first-order valence-electron chi connectivity index (χ1n) is 6.63. The van der Waals surface area contributed by atoms with Crippen molar-refractivity contribution in [2.45, 2.75) is 19.4 Å². The van der Waals surface area contributed by atoms with E-state index in [2.05, 4.69) is 10.6 Å². The molecule has 1 aliphatic heterocycles. The van der Waals surface area contributed by atoms with Crippen LogP contribution in [0.2, 0.25) is 0 Å². The number of anilines is 1. The van der Waals surface area contributed by atoms with E-state index in [9.17, 15) is 14.4 Å². The summed E-state index contributed by atoms with van der Waals surface area (Å²) in [7, 11) is 0. The number of urea groups is 1. The highest BCUT2D eigenvalue weighted by molar-refractivity contribution is 5.94. The summed E-state index contributed by atoms with van der Waals surface area (Å²) in [5.74, 6) is -1.11. The average Bonchev–Trinajstić information content (AvgIpc) is 2.41. The summed E-state index contributed by atoms with van der Waals surface area (Å²) in [5.41, 5.74) is 1.11. The molecule has 1 unspecified atom stereocenters. The number of piperazine rings is 1. The third kappa shape index (κ3) is 3.71. The summed E-state index contributed by atoms with van der Waals surface area (Å²) in [4.78, 5) is 35.8. The fraction of sp³-hybridized carbons (Fsp3) is 0.357. The van der Waals surface area contributed by atoms with Crippen LogP contribution >= 0.6 is 0 Å². The molecule has 3 N–H and O–H groups in total. The van der Waals surface area contributed by atoms with Gasteiger partial charge in [0.1, 0.15) is 6.04 Å². The fourth-order valence-corrected chi connectivity index (χ4v) is 2.19. The molecule has 1 aliphatic rings. The molecule has 1 atom stereocenters. The quantitative estimate of drug-likeness (QED) is 0.762. The molecule has 1 aromatic rings. The van der Waals surface area contributed by atoms with Gasteiger partial charge >= 0.3 is 12.0 Å². The van der Waals surface area contributed by atoms with E-state index in [0.29, 0.717) is 24.3 Å². The average molecular weight is 291 g/mol. The molecule has 0 saturated carbocycles. The van der Waals surface area contributed by atoms with E-state index >= 15 is 0 Å². The smallest absolute Gasteiger partial charge is 0.322 e. The van der Waals surface area contributed by atoms with Gasteiger partial charge in [0.05, 0.1) is 6.42 Å². The minimum absolute atomic E-state index is 0.105. The van der Waals surface area contributed by atoms with Crippen LogP contribution in [0, 0.1) is 0 Å². The van der Waals surface area contributed by atoms with Gasteiger partial charge in [0.15, 0.2) is 0 Å². The maximum absolute atomic E-state index is 12.2. The molecule has 21 heavy (non-hydrogen) atoms. The zero-order chi connectivity index (χ0) is 15.4. The molecule has 0 spiro atoms. The Balaban J connectivity index is 2.05. The Morgan fingerprint density at radius 1 is 1.48 bits per heavy atom. The van der Waals surface area contributed by atoms with Gasteiger partial charge in [-0.25, -0.2) is 4.79 Å². The summed E-state index contributed by atoms with van der Waals surface area (Å²) >= 11 is 0. The normalized spacial score (nSPS) is 18.0. The number of nitrogens with one attached hydrogen (secondary N) is 2. The third-order valence-electron chi connectivity index (χ3n) is 3.29. The van der Waals surface area contributed by atoms with Crippen molar-refractivity contribution in [1.29, 1.82) is 0 Å². The Labute approximate surface area is 121 Å². The number of carboxylic acids is 1. The van der Waals surface area contributed by atoms with Crippen molar-refractivity contribution in [3.63, 3.8) is 0 Å². The number of nitrogens with zero attached hydrogens (tertiary/aromatic N) is 1. The van der Waals surface area contributed by atoms with Gasteiger partial charge in [0.2, 0.25) is 5.91 Å². The maximum Gasteiger partial charge on any atom is 0.322 e. The number of hydrogen-bond acceptors (Lipinski definition) is 3. The van der Waals surface area contributed by atoms with Crippen LogP contribution in [0.1, 0.15) is 12.5 Å². The molecule has 1 saturated heterocycles. The predicted octanol–water partition coefficient (Wildman–Crippen LogP) is 0.666. The molecule has 7 nitrogen and oxygen atoms in total. The summed E-state index contributed by atoms with van der Waals surface area (Å²) in [6, 6.07) is 5.75. The minimum atomic E-state index is -0.931. The molecular formula is C14H17N3O4. The predicted molar refractivity (Wildman–Crippen MR) is 76.0 cm³/mol. The van der Waals surface area contributed by atoms with E-state index in [1.807, 2.05) is 0 Å². The number of carbonyl (C=O) groups excluding carboxylic acids is 2. The van der Waals surface area contributed by atoms with E-state index < -0.39 is 12.0 Å². The Morgan fingerprint density at radius 3 is 2.95 bits per heavy atom. The van der Waals surface area contributed by atoms with Gasteiger partial charge in [0, 0.05) is 18.8 Å². The number of benzene rings is 1. The number of hydrogen-bond donors (Lipinski definition) is 3. The molecule has 1 aromatic carbocycles. The van der Waals surface area contributed by atoms with Gasteiger partial charge in [-0.05, 0) is 24.6 Å². The van der Waals surface area contributed by atoms with E-state index in [-0.39, 0.29) is 18.4 Å². The van der Waals surface area contributed by atoms with Crippen molar-refractivity contribution >= 4 is 23.6 Å². The molecule has 1 heterocycles. The van der Waals surface area contributed by atoms with Crippen molar-refractivity contribution in [2.75, 3.05) is 18.4 Å². The van der Waals surface area contributed by atoms with Gasteiger partial charge < -0.3 is 20.6 Å². The highest BCUT2D eigenvalue weighted by atomic mass is 16.4. The zero-order valence-corrected chi connectivity index (χ0v) is 11.6. The van der Waals surface area contributed by atoms with Gasteiger partial charge in [-0.15, -0.1) is 0 Å². The standard InChI is InChI=1S/C14H17N3O4/c1-9-13(20)15-5-6-17(9)14(21)16-11-4-2-3-10(7-11)8-12(18)19/h2-4,7,9H,5-6,8H2,1H3,(H,15,20)(H,16,21)(H,18,19). The minimum Gasteiger partial charge on any atom is -0.481 e. The summed E-state index contributed by atoms with van der Waals surface area (Å²) in [6.07, 6.45) is -0.105. The first kappa shape index (κ1) is 14.8. The molecule has 2 rings (SSSR count). The summed E-state index contributed by atoms with van der Waals surface area (Å²) < 4.78 is 0. The first-order chi connectivity index (χ1) is 9.97. The number of aliphatic carboxylic acids is 1. The number of carboxylic acid groups (broad SMARTS) is 1. The highest BCUT2D eigenvalue weighted by Crippen LogP contribution is 2.13. The lowest BCUT2D eigenvalue weighted by molar-refractivity contribution is -0.136. The molecule has 0 bridgehead atoms. The van der Waals surface area contributed by atoms with Crippen LogP contribution in [-0.4, -0.2) is 47.0 Å². The second kappa shape index (κ2) is 6.25. The zero-order valence-electron chi connectivity index (χ0n) is 11.6. The topological polar surface area (TPSA) is 98.7 Å². The summed E-state index contributed by atoms with van der Waals surface area (Å²) in [6.45, 7) is 2.53. The fourth-order valence-electron chi connectivity index (χ4n) is 2.19. The van der Waals surface area contributed by atoms with Crippen LogP contribution in [0.25, 0.3) is 0 Å². The van der Waals surface area contributed by atoms with Gasteiger partial charge in [-0.3, -0.25) is 9.59 Å². The van der Waals surface area contributed by atoms with E-state index in [1.54, 1.807) is 31.2 Å². The molecule has 0 radical (unpaired) electrons. The second-order valence-electron chi connectivity index (χ2n) is 4.86. The molecule has 0 aromatic heterocycles. The highest BCUT2D eigenvalue weighted by Gasteiger charge is 2.29. The molecule has 112 valence electrons. The van der Waals surface area contributed by atoms with Gasteiger partial charge in [-0.1, -0.05) is 12.1 Å². The lowest BCUT2D eigenvalue weighted by Crippen LogP contribution is -2.56. The number of carbonyl (C=O) groups is 3. The van der Waals surface area contributed by atoms with Crippen molar-refractivity contribution in [3.8, 4) is 0 Å². The van der Waals surface area contributed by atoms with Crippen LogP contribution in [0.15, 0.2) is 24.3 Å². The van der Waals surface area contributed by atoms with Crippen LogP contribution in [0.5, 0.6) is 0 Å². The van der Waals surface area contributed by atoms with Crippen molar-refractivity contribution in [2.24, 2.45) is 0 Å². The van der Waals surface area contributed by atoms with Gasteiger partial charge in [0.25, 0.3) is 0 Å². The van der Waals surface area contributed by atoms with E-state index in [1.165, 1.54) is 4.90 Å². The van der Waals surface area contributed by atoms with Crippen LogP contribution in [0.3, 0.4) is 0 Å². The Hall–Kier alpha value is -2.57. The SMILES string of the molecule is CC1C(=O)NCCN1C(=O)Nc1cccc(CC(=O)O)c1. The maximum atomic E-state index is 12.2. The van der Waals surface area contributed by atoms with Crippen LogP contribution < -0.4 is 10.6 Å². The Bertz CT molecular complexity index is 573. The van der Waals surface area contributed by atoms with Crippen molar-refractivity contribution < 1.29 is 19.5 Å². The van der Waals surface area contributed by atoms with Crippen LogP contribution in [-0.2, 0) is 16.0 Å². The Morgan fingerprint density at radius 2 is 2.24 bits per heavy atom. The molecular weight excluding hydrogens is 274 g/mol. The van der Waals surface area contributed by atoms with Gasteiger partial charge in [-0.2, -0.15) is 0 Å². The van der Waals surface area contributed by atoms with Crippen molar-refractivity contribution in [3.05, 3.63) is 29.8 Å². The Kier molecular flexibility index (Phi) is 4.42. The second-order valence-corrected chi connectivity index (χ2v) is 4.86. The number of amides is 3. The molecule has 3 amide bonds. The monoisotopic (exact) mass is 291 g/mol. The third-order valence-corrected chi connectivity index (χ3v) is 3.29. The van der Waals surface area contributed by atoms with E-state index in [0.717, 1.165) is 0 Å². The number of rotatable bonds is 3. The molecule has 0 aliphatic carbocycles. The first-order valence-corrected chi connectivity index (χ1v) is 6.63. The lowest BCUT2D eigenvalue weighted by atomic mass is 10.1.